The van der Waals surface area contributed by atoms with Gasteiger partial charge in [-0.2, -0.15) is 0 Å². The second kappa shape index (κ2) is 8.58. The third-order valence-corrected chi connectivity index (χ3v) is 4.88. The highest BCUT2D eigenvalue weighted by molar-refractivity contribution is 5.87. The van der Waals surface area contributed by atoms with Gasteiger partial charge in [-0.3, -0.25) is 9.59 Å². The van der Waals surface area contributed by atoms with Crippen LogP contribution in [-0.4, -0.2) is 39.8 Å². The molecule has 0 atom stereocenters. The van der Waals surface area contributed by atoms with E-state index in [4.69, 9.17) is 4.42 Å². The Morgan fingerprint density at radius 3 is 2.48 bits per heavy atom. The number of piperidine rings is 1. The number of carbonyl (C=O) groups is 2. The maximum Gasteiger partial charge on any atom is 0.245 e. The van der Waals surface area contributed by atoms with Gasteiger partial charge >= 0.3 is 0 Å². The number of rotatable bonds is 6. The minimum atomic E-state index is -0.119. The van der Waals surface area contributed by atoms with Gasteiger partial charge in [0, 0.05) is 25.6 Å². The second-order valence-electron chi connectivity index (χ2n) is 6.74. The fraction of sp³-hybridized carbons (Fsp3) is 0.333. The molecule has 2 aromatic rings. The van der Waals surface area contributed by atoms with E-state index in [2.05, 4.69) is 6.58 Å². The minimum Gasteiger partial charge on any atom is -0.508 e. The number of hydrogen-bond acceptors (Lipinski definition) is 4. The second-order valence-corrected chi connectivity index (χ2v) is 6.74. The molecule has 1 aromatic heterocycles. The van der Waals surface area contributed by atoms with Crippen LogP contribution in [0.1, 0.15) is 24.2 Å². The molecule has 1 aliphatic rings. The number of amides is 2. The summed E-state index contributed by atoms with van der Waals surface area (Å²) in [5, 5.41) is 9.47. The maximum atomic E-state index is 13.2. The molecule has 1 N–H and O–H groups in total. The first-order chi connectivity index (χ1) is 13.1. The van der Waals surface area contributed by atoms with Crippen LogP contribution in [0.2, 0.25) is 0 Å². The van der Waals surface area contributed by atoms with Crippen molar-refractivity contribution in [3.05, 3.63) is 66.6 Å². The van der Waals surface area contributed by atoms with E-state index >= 15 is 0 Å². The smallest absolute Gasteiger partial charge is 0.245 e. The van der Waals surface area contributed by atoms with Gasteiger partial charge in [0.25, 0.3) is 0 Å². The quantitative estimate of drug-likeness (QED) is 0.796. The van der Waals surface area contributed by atoms with Gasteiger partial charge in [-0.1, -0.05) is 18.7 Å². The SMILES string of the molecule is C=CC(=O)N1CCC(C(=O)N(Cc2ccc(O)cc2)Cc2ccco2)CC1. The fourth-order valence-corrected chi connectivity index (χ4v) is 3.36. The molecule has 1 fully saturated rings. The first-order valence-corrected chi connectivity index (χ1v) is 9.07. The zero-order valence-electron chi connectivity index (χ0n) is 15.2. The molecule has 0 aliphatic carbocycles. The predicted molar refractivity (Wildman–Crippen MR) is 101 cm³/mol. The summed E-state index contributed by atoms with van der Waals surface area (Å²) in [6, 6.07) is 10.5. The summed E-state index contributed by atoms with van der Waals surface area (Å²) in [7, 11) is 0. The van der Waals surface area contributed by atoms with Gasteiger partial charge in [0.15, 0.2) is 0 Å². The lowest BCUT2D eigenvalue weighted by molar-refractivity contribution is -0.140. The molecule has 142 valence electrons. The Morgan fingerprint density at radius 2 is 1.89 bits per heavy atom. The van der Waals surface area contributed by atoms with Crippen LogP contribution in [0.4, 0.5) is 0 Å². The number of nitrogens with zero attached hydrogens (tertiary/aromatic N) is 2. The number of hydrogen-bond donors (Lipinski definition) is 1. The van der Waals surface area contributed by atoms with E-state index in [1.807, 2.05) is 18.2 Å². The van der Waals surface area contributed by atoms with Gasteiger partial charge in [0.2, 0.25) is 11.8 Å². The predicted octanol–water partition coefficient (Wildman–Crippen LogP) is 2.94. The first kappa shape index (κ1) is 18.8. The molecule has 27 heavy (non-hydrogen) atoms. The van der Waals surface area contributed by atoms with Gasteiger partial charge in [0.1, 0.15) is 11.5 Å². The van der Waals surface area contributed by atoms with Crippen molar-refractivity contribution in [3.8, 4) is 5.75 Å². The van der Waals surface area contributed by atoms with Crippen LogP contribution < -0.4 is 0 Å². The summed E-state index contributed by atoms with van der Waals surface area (Å²) in [4.78, 5) is 28.4. The molecule has 1 aliphatic heterocycles. The van der Waals surface area contributed by atoms with Crippen molar-refractivity contribution >= 4 is 11.8 Å². The average molecular weight is 368 g/mol. The topological polar surface area (TPSA) is 74.0 Å². The zero-order chi connectivity index (χ0) is 19.2. The molecule has 2 amide bonds. The Balaban J connectivity index is 1.69. The van der Waals surface area contributed by atoms with E-state index in [1.54, 1.807) is 34.3 Å². The standard InChI is InChI=1S/C21H24N2O4/c1-2-20(25)22-11-9-17(10-12-22)21(26)23(15-19-4-3-13-27-19)14-16-5-7-18(24)8-6-16/h2-8,13,17,24H,1,9-12,14-15H2. The van der Waals surface area contributed by atoms with Crippen molar-refractivity contribution in [2.75, 3.05) is 13.1 Å². The highest BCUT2D eigenvalue weighted by Crippen LogP contribution is 2.23. The van der Waals surface area contributed by atoms with E-state index in [0.717, 1.165) is 11.3 Å². The van der Waals surface area contributed by atoms with Crippen LogP contribution in [0.5, 0.6) is 5.75 Å². The summed E-state index contributed by atoms with van der Waals surface area (Å²) < 4.78 is 5.42. The van der Waals surface area contributed by atoms with E-state index in [9.17, 15) is 14.7 Å². The lowest BCUT2D eigenvalue weighted by atomic mass is 9.94. The normalized spacial score (nSPS) is 14.7. The highest BCUT2D eigenvalue weighted by atomic mass is 16.3. The molecule has 1 saturated heterocycles. The molecular weight excluding hydrogens is 344 g/mol. The third-order valence-electron chi connectivity index (χ3n) is 4.88. The summed E-state index contributed by atoms with van der Waals surface area (Å²) in [6.07, 6.45) is 4.19. The van der Waals surface area contributed by atoms with Crippen LogP contribution in [0, 0.1) is 5.92 Å². The van der Waals surface area contributed by atoms with Gasteiger partial charge in [-0.05, 0) is 48.7 Å². The van der Waals surface area contributed by atoms with Crippen LogP contribution in [0.3, 0.4) is 0 Å². The number of benzene rings is 1. The van der Waals surface area contributed by atoms with E-state index in [0.29, 0.717) is 39.0 Å². The lowest BCUT2D eigenvalue weighted by Crippen LogP contribution is -2.43. The van der Waals surface area contributed by atoms with Crippen molar-refractivity contribution in [3.63, 3.8) is 0 Å². The van der Waals surface area contributed by atoms with Crippen molar-refractivity contribution in [1.29, 1.82) is 0 Å². The number of aromatic hydroxyl groups is 1. The minimum absolute atomic E-state index is 0.0603. The van der Waals surface area contributed by atoms with Crippen LogP contribution >= 0.6 is 0 Å². The number of likely N-dealkylation sites (tertiary alicyclic amines) is 1. The summed E-state index contributed by atoms with van der Waals surface area (Å²) in [5.74, 6) is 0.775. The van der Waals surface area contributed by atoms with Crippen molar-refractivity contribution in [1.82, 2.24) is 9.80 Å². The van der Waals surface area contributed by atoms with Crippen LogP contribution in [0.25, 0.3) is 0 Å². The largest absolute Gasteiger partial charge is 0.508 e. The van der Waals surface area contributed by atoms with Gasteiger partial charge in [-0.15, -0.1) is 0 Å². The highest BCUT2D eigenvalue weighted by Gasteiger charge is 2.30. The number of phenols is 1. The maximum absolute atomic E-state index is 13.2. The number of carbonyl (C=O) groups excluding carboxylic acids is 2. The van der Waals surface area contributed by atoms with Crippen molar-refractivity contribution in [2.45, 2.75) is 25.9 Å². The Hall–Kier alpha value is -3.02. The molecule has 0 bridgehead atoms. The zero-order valence-corrected chi connectivity index (χ0v) is 15.2. The molecular formula is C21H24N2O4. The first-order valence-electron chi connectivity index (χ1n) is 9.07. The number of phenolic OH excluding ortho intramolecular Hbond substituents is 1. The Bertz CT molecular complexity index is 775. The van der Waals surface area contributed by atoms with Crippen molar-refractivity contribution in [2.24, 2.45) is 5.92 Å². The molecule has 0 saturated carbocycles. The lowest BCUT2D eigenvalue weighted by Gasteiger charge is -2.33. The molecule has 3 rings (SSSR count). The third kappa shape index (κ3) is 4.78. The van der Waals surface area contributed by atoms with Crippen molar-refractivity contribution < 1.29 is 19.1 Å². The average Bonchev–Trinajstić information content (AvgIpc) is 3.21. The molecule has 2 heterocycles. The molecule has 1 aromatic carbocycles. The fourth-order valence-electron chi connectivity index (χ4n) is 3.36. The Kier molecular flexibility index (Phi) is 5.96. The summed E-state index contributed by atoms with van der Waals surface area (Å²) in [5.41, 5.74) is 0.937. The monoisotopic (exact) mass is 368 g/mol. The van der Waals surface area contributed by atoms with E-state index < -0.39 is 0 Å². The summed E-state index contributed by atoms with van der Waals surface area (Å²) in [6.45, 7) is 5.47. The molecule has 0 unspecified atom stereocenters. The molecule has 0 spiro atoms. The van der Waals surface area contributed by atoms with E-state index in [1.165, 1.54) is 6.08 Å². The number of furan rings is 1. The van der Waals surface area contributed by atoms with Gasteiger partial charge < -0.3 is 19.3 Å². The molecule has 6 heteroatoms. The van der Waals surface area contributed by atoms with Gasteiger partial charge in [-0.25, -0.2) is 0 Å². The Labute approximate surface area is 158 Å². The van der Waals surface area contributed by atoms with Gasteiger partial charge in [0.05, 0.1) is 12.8 Å². The molecule has 6 nitrogen and oxygen atoms in total. The van der Waals surface area contributed by atoms with Crippen LogP contribution in [-0.2, 0) is 22.7 Å². The van der Waals surface area contributed by atoms with Crippen LogP contribution in [0.15, 0.2) is 59.7 Å². The summed E-state index contributed by atoms with van der Waals surface area (Å²) >= 11 is 0. The molecule has 0 radical (unpaired) electrons. The Morgan fingerprint density at radius 1 is 1.19 bits per heavy atom. The van der Waals surface area contributed by atoms with E-state index in [-0.39, 0.29) is 23.5 Å².